The third-order valence-electron chi connectivity index (χ3n) is 2.10. The molecule has 0 unspecified atom stereocenters. The van der Waals surface area contributed by atoms with Crippen LogP contribution < -0.4 is 10.1 Å². The Balaban J connectivity index is 2.22. The number of benzene rings is 1. The van der Waals surface area contributed by atoms with E-state index in [1.807, 2.05) is 0 Å². The molecule has 0 aliphatic heterocycles. The van der Waals surface area contributed by atoms with Crippen molar-refractivity contribution in [2.24, 2.45) is 0 Å². The van der Waals surface area contributed by atoms with Gasteiger partial charge in [0.25, 0.3) is 5.91 Å². The van der Waals surface area contributed by atoms with Crippen LogP contribution in [0.2, 0.25) is 5.02 Å². The maximum absolute atomic E-state index is 11.3. The molecule has 1 aromatic rings. The Morgan fingerprint density at radius 2 is 2.12 bits per heavy atom. The van der Waals surface area contributed by atoms with Gasteiger partial charge in [-0.1, -0.05) is 23.7 Å². The highest BCUT2D eigenvalue weighted by Gasteiger charge is 2.04. The molecule has 0 radical (unpaired) electrons. The molecule has 1 amide bonds. The fraction of sp³-hybridized carbons (Fsp3) is 0.417. The van der Waals surface area contributed by atoms with Crippen molar-refractivity contribution in [3.8, 4) is 5.75 Å². The van der Waals surface area contributed by atoms with E-state index in [1.54, 1.807) is 24.3 Å². The summed E-state index contributed by atoms with van der Waals surface area (Å²) in [6.07, 6.45) is 1.44. The van der Waals surface area contributed by atoms with Crippen molar-refractivity contribution < 1.29 is 14.6 Å². The minimum atomic E-state index is -0.192. The van der Waals surface area contributed by atoms with Crippen molar-refractivity contribution in [1.29, 1.82) is 0 Å². The first-order valence-electron chi connectivity index (χ1n) is 5.49. The van der Waals surface area contributed by atoms with Crippen LogP contribution in [-0.4, -0.2) is 30.8 Å². The molecule has 5 heteroatoms. The predicted octanol–water partition coefficient (Wildman–Crippen LogP) is 1.61. The van der Waals surface area contributed by atoms with Crippen LogP contribution >= 0.6 is 11.6 Å². The lowest BCUT2D eigenvalue weighted by molar-refractivity contribution is -0.123. The number of hydrogen-bond donors (Lipinski definition) is 2. The molecule has 4 nitrogen and oxygen atoms in total. The van der Waals surface area contributed by atoms with Crippen LogP contribution in [0, 0.1) is 0 Å². The van der Waals surface area contributed by atoms with Gasteiger partial charge in [-0.15, -0.1) is 0 Å². The fourth-order valence-electron chi connectivity index (χ4n) is 1.22. The smallest absolute Gasteiger partial charge is 0.257 e. The molecule has 17 heavy (non-hydrogen) atoms. The number of nitrogens with one attached hydrogen (secondary N) is 1. The lowest BCUT2D eigenvalue weighted by atomic mass is 10.3. The zero-order valence-corrected chi connectivity index (χ0v) is 10.2. The van der Waals surface area contributed by atoms with Crippen LogP contribution in [0.3, 0.4) is 0 Å². The van der Waals surface area contributed by atoms with Gasteiger partial charge in [0, 0.05) is 13.2 Å². The van der Waals surface area contributed by atoms with E-state index < -0.39 is 0 Å². The molecule has 0 aromatic heterocycles. The first-order valence-corrected chi connectivity index (χ1v) is 5.86. The van der Waals surface area contributed by atoms with Gasteiger partial charge in [-0.2, -0.15) is 0 Å². The maximum Gasteiger partial charge on any atom is 0.257 e. The summed E-state index contributed by atoms with van der Waals surface area (Å²) in [5, 5.41) is 11.7. The Hall–Kier alpha value is -1.26. The fourth-order valence-corrected chi connectivity index (χ4v) is 1.41. The second-order valence-corrected chi connectivity index (χ2v) is 3.91. The molecule has 0 bridgehead atoms. The summed E-state index contributed by atoms with van der Waals surface area (Å²) in [6, 6.07) is 7.00. The number of rotatable bonds is 7. The van der Waals surface area contributed by atoms with Gasteiger partial charge in [-0.25, -0.2) is 0 Å². The molecule has 1 aromatic carbocycles. The van der Waals surface area contributed by atoms with Crippen LogP contribution in [0.25, 0.3) is 0 Å². The van der Waals surface area contributed by atoms with E-state index in [1.165, 1.54) is 0 Å². The molecule has 2 N–H and O–H groups in total. The molecule has 0 aliphatic rings. The largest absolute Gasteiger partial charge is 0.482 e. The monoisotopic (exact) mass is 257 g/mol. The van der Waals surface area contributed by atoms with Gasteiger partial charge in [-0.05, 0) is 25.0 Å². The molecule has 0 fully saturated rings. The average molecular weight is 258 g/mol. The zero-order chi connectivity index (χ0) is 12.5. The number of hydrogen-bond acceptors (Lipinski definition) is 3. The molecule has 0 heterocycles. The third kappa shape index (κ3) is 5.56. The number of ether oxygens (including phenoxy) is 1. The SMILES string of the molecule is O=C(COc1ccccc1Cl)NCCCCO. The average Bonchev–Trinajstić information content (AvgIpc) is 2.34. The third-order valence-corrected chi connectivity index (χ3v) is 2.41. The number of amides is 1. The van der Waals surface area contributed by atoms with E-state index in [0.717, 1.165) is 6.42 Å². The molecular formula is C12H16ClNO3. The first-order chi connectivity index (χ1) is 8.24. The predicted molar refractivity (Wildman–Crippen MR) is 66.3 cm³/mol. The van der Waals surface area contributed by atoms with Gasteiger partial charge in [0.15, 0.2) is 6.61 Å². The summed E-state index contributed by atoms with van der Waals surface area (Å²) in [5.41, 5.74) is 0. The molecule has 94 valence electrons. The first kappa shape index (κ1) is 13.8. The highest BCUT2D eigenvalue weighted by Crippen LogP contribution is 2.22. The minimum absolute atomic E-state index is 0.0527. The normalized spacial score (nSPS) is 10.0. The summed E-state index contributed by atoms with van der Waals surface area (Å²) < 4.78 is 5.26. The summed E-state index contributed by atoms with van der Waals surface area (Å²) in [7, 11) is 0. The summed E-state index contributed by atoms with van der Waals surface area (Å²) in [5.74, 6) is 0.308. The van der Waals surface area contributed by atoms with Gasteiger partial charge in [0.05, 0.1) is 5.02 Å². The lowest BCUT2D eigenvalue weighted by Crippen LogP contribution is -2.29. The Morgan fingerprint density at radius 3 is 2.82 bits per heavy atom. The number of para-hydroxylation sites is 1. The molecule has 0 saturated heterocycles. The molecule has 0 saturated carbocycles. The van der Waals surface area contributed by atoms with E-state index in [2.05, 4.69) is 5.32 Å². The van der Waals surface area contributed by atoms with Crippen LogP contribution in [0.5, 0.6) is 5.75 Å². The second kappa shape index (κ2) is 7.92. The standard InChI is InChI=1S/C12H16ClNO3/c13-10-5-1-2-6-11(10)17-9-12(16)14-7-3-4-8-15/h1-2,5-6,15H,3-4,7-9H2,(H,14,16). The topological polar surface area (TPSA) is 58.6 Å². The van der Waals surface area contributed by atoms with E-state index in [9.17, 15) is 4.79 Å². The van der Waals surface area contributed by atoms with Crippen LogP contribution in [0.15, 0.2) is 24.3 Å². The second-order valence-electron chi connectivity index (χ2n) is 3.50. The maximum atomic E-state index is 11.3. The van der Waals surface area contributed by atoms with Gasteiger partial charge < -0.3 is 15.2 Å². The van der Waals surface area contributed by atoms with E-state index in [4.69, 9.17) is 21.4 Å². The number of unbranched alkanes of at least 4 members (excludes halogenated alkanes) is 1. The lowest BCUT2D eigenvalue weighted by Gasteiger charge is -2.08. The summed E-state index contributed by atoms with van der Waals surface area (Å²) >= 11 is 5.87. The Morgan fingerprint density at radius 1 is 1.35 bits per heavy atom. The summed E-state index contributed by atoms with van der Waals surface area (Å²) in [6.45, 7) is 0.639. The van der Waals surface area contributed by atoms with E-state index in [0.29, 0.717) is 23.7 Å². The van der Waals surface area contributed by atoms with Crippen LogP contribution in [0.1, 0.15) is 12.8 Å². The Kier molecular flexibility index (Phi) is 6.43. The van der Waals surface area contributed by atoms with E-state index >= 15 is 0 Å². The number of aliphatic hydroxyl groups excluding tert-OH is 1. The summed E-state index contributed by atoms with van der Waals surface area (Å²) in [4.78, 5) is 11.3. The van der Waals surface area contributed by atoms with Crippen molar-refractivity contribution in [2.75, 3.05) is 19.8 Å². The Bertz CT molecular complexity index is 357. The van der Waals surface area contributed by atoms with Crippen LogP contribution in [-0.2, 0) is 4.79 Å². The van der Waals surface area contributed by atoms with Crippen molar-refractivity contribution in [1.82, 2.24) is 5.32 Å². The van der Waals surface area contributed by atoms with Crippen LogP contribution in [0.4, 0.5) is 0 Å². The van der Waals surface area contributed by atoms with Gasteiger partial charge in [-0.3, -0.25) is 4.79 Å². The number of carbonyl (C=O) groups excluding carboxylic acids is 1. The van der Waals surface area contributed by atoms with Crippen molar-refractivity contribution in [3.05, 3.63) is 29.3 Å². The molecular weight excluding hydrogens is 242 g/mol. The quantitative estimate of drug-likeness (QED) is 0.730. The van der Waals surface area contributed by atoms with Gasteiger partial charge >= 0.3 is 0 Å². The number of carbonyl (C=O) groups is 1. The zero-order valence-electron chi connectivity index (χ0n) is 9.49. The molecule has 0 aliphatic carbocycles. The molecule has 0 spiro atoms. The van der Waals surface area contributed by atoms with Crippen molar-refractivity contribution >= 4 is 17.5 Å². The molecule has 1 rings (SSSR count). The van der Waals surface area contributed by atoms with Crippen molar-refractivity contribution in [3.63, 3.8) is 0 Å². The van der Waals surface area contributed by atoms with Gasteiger partial charge in [0.1, 0.15) is 5.75 Å². The number of aliphatic hydroxyl groups is 1. The molecule has 0 atom stereocenters. The van der Waals surface area contributed by atoms with E-state index in [-0.39, 0.29) is 19.1 Å². The van der Waals surface area contributed by atoms with Gasteiger partial charge in [0.2, 0.25) is 0 Å². The van der Waals surface area contributed by atoms with Crippen molar-refractivity contribution in [2.45, 2.75) is 12.8 Å². The highest BCUT2D eigenvalue weighted by atomic mass is 35.5. The minimum Gasteiger partial charge on any atom is -0.482 e. The number of halogens is 1. The highest BCUT2D eigenvalue weighted by molar-refractivity contribution is 6.32. The Labute approximate surface area is 106 Å².